The largest absolute Gasteiger partial charge is 0.489 e. The summed E-state index contributed by atoms with van der Waals surface area (Å²) in [5.41, 5.74) is 4.72. The number of rotatable bonds is 11. The van der Waals surface area contributed by atoms with Crippen molar-refractivity contribution in [1.82, 2.24) is 4.72 Å². The minimum Gasteiger partial charge on any atom is -0.489 e. The highest BCUT2D eigenvalue weighted by molar-refractivity contribution is 7.88. The Hall–Kier alpha value is -1.45. The van der Waals surface area contributed by atoms with Crippen molar-refractivity contribution in [3.05, 3.63) is 49.2 Å². The molecule has 0 saturated carbocycles. The monoisotopic (exact) mass is 541 g/mol. The molecular formula is C26H36ClNO5S2. The van der Waals surface area contributed by atoms with Gasteiger partial charge in [-0.1, -0.05) is 38.4 Å². The molecule has 1 aromatic heterocycles. The molecule has 0 saturated heterocycles. The Kier molecular flexibility index (Phi) is 9.08. The fourth-order valence-corrected chi connectivity index (χ4v) is 6.66. The van der Waals surface area contributed by atoms with Crippen molar-refractivity contribution in [2.24, 2.45) is 5.41 Å². The highest BCUT2D eigenvalue weighted by Gasteiger charge is 2.31. The minimum atomic E-state index is -3.39. The number of hydrogen-bond donors (Lipinski definition) is 2. The molecule has 1 unspecified atom stereocenters. The van der Waals surface area contributed by atoms with E-state index in [-0.39, 0.29) is 24.3 Å². The lowest BCUT2D eigenvalue weighted by Crippen LogP contribution is -2.34. The highest BCUT2D eigenvalue weighted by Crippen LogP contribution is 2.42. The molecule has 2 aromatic rings. The van der Waals surface area contributed by atoms with Crippen LogP contribution in [-0.4, -0.2) is 44.8 Å². The number of halogens is 1. The van der Waals surface area contributed by atoms with E-state index in [1.165, 1.54) is 16.0 Å². The summed E-state index contributed by atoms with van der Waals surface area (Å²) in [4.78, 5) is 15.5. The van der Waals surface area contributed by atoms with E-state index in [0.717, 1.165) is 47.9 Å². The van der Waals surface area contributed by atoms with E-state index in [1.807, 2.05) is 13.0 Å². The van der Waals surface area contributed by atoms with Gasteiger partial charge in [0, 0.05) is 17.8 Å². The van der Waals surface area contributed by atoms with Crippen LogP contribution in [0.2, 0.25) is 5.02 Å². The average molecular weight is 542 g/mol. The zero-order chi connectivity index (χ0) is 26.0. The minimum absolute atomic E-state index is 0.0963. The molecule has 194 valence electrons. The predicted molar refractivity (Wildman–Crippen MR) is 143 cm³/mol. The van der Waals surface area contributed by atoms with Crippen LogP contribution in [0.3, 0.4) is 0 Å². The van der Waals surface area contributed by atoms with Crippen LogP contribution in [0.4, 0.5) is 0 Å². The molecule has 1 aromatic carbocycles. The van der Waals surface area contributed by atoms with Crippen LogP contribution in [0.15, 0.2) is 12.1 Å². The van der Waals surface area contributed by atoms with Crippen molar-refractivity contribution in [2.75, 3.05) is 19.4 Å². The van der Waals surface area contributed by atoms with Crippen molar-refractivity contribution in [3.63, 3.8) is 0 Å². The molecule has 1 atom stereocenters. The van der Waals surface area contributed by atoms with Crippen LogP contribution in [-0.2, 0) is 35.7 Å². The summed E-state index contributed by atoms with van der Waals surface area (Å²) >= 11 is 8.12. The van der Waals surface area contributed by atoms with E-state index < -0.39 is 16.1 Å². The molecule has 9 heteroatoms. The van der Waals surface area contributed by atoms with Gasteiger partial charge in [-0.2, -0.15) is 0 Å². The van der Waals surface area contributed by atoms with Crippen molar-refractivity contribution >= 4 is 38.7 Å². The number of fused-ring (bicyclic) bond motifs is 1. The molecule has 0 spiro atoms. The second-order valence-electron chi connectivity index (χ2n) is 10.2. The SMILES string of the molecule is CCc1sc(C(=O)CCc2cc(C)c(OCC(O)CNS(C)(=O)=O)c(Cl)c2)c2c1CC(C)(C)CC2. The molecule has 0 bridgehead atoms. The van der Waals surface area contributed by atoms with Gasteiger partial charge in [0.1, 0.15) is 18.5 Å². The van der Waals surface area contributed by atoms with Crippen LogP contribution in [0.1, 0.15) is 70.4 Å². The van der Waals surface area contributed by atoms with Gasteiger partial charge in [-0.3, -0.25) is 4.79 Å². The number of ketones is 1. The first-order valence-electron chi connectivity index (χ1n) is 12.0. The second-order valence-corrected chi connectivity index (χ2v) is 13.6. The van der Waals surface area contributed by atoms with E-state index in [0.29, 0.717) is 23.6 Å². The first kappa shape index (κ1) is 28.1. The number of aryl methyl sites for hydroxylation is 3. The van der Waals surface area contributed by atoms with E-state index in [9.17, 15) is 18.3 Å². The first-order chi connectivity index (χ1) is 16.3. The number of sulfonamides is 1. The van der Waals surface area contributed by atoms with Gasteiger partial charge in [-0.05, 0) is 72.8 Å². The van der Waals surface area contributed by atoms with Crippen LogP contribution < -0.4 is 9.46 Å². The zero-order valence-corrected chi connectivity index (χ0v) is 23.6. The van der Waals surface area contributed by atoms with E-state index >= 15 is 0 Å². The van der Waals surface area contributed by atoms with Crippen LogP contribution in [0.5, 0.6) is 5.75 Å². The van der Waals surface area contributed by atoms with E-state index in [4.69, 9.17) is 16.3 Å². The maximum atomic E-state index is 13.2. The number of Topliss-reactive ketones (excluding diaryl/α,β-unsaturated/α-hetero) is 1. The molecular weight excluding hydrogens is 506 g/mol. The second kappa shape index (κ2) is 11.3. The van der Waals surface area contributed by atoms with Gasteiger partial charge in [0.25, 0.3) is 0 Å². The Morgan fingerprint density at radius 2 is 2.03 bits per heavy atom. The van der Waals surface area contributed by atoms with Crippen LogP contribution in [0.25, 0.3) is 0 Å². The number of thiophene rings is 1. The van der Waals surface area contributed by atoms with Gasteiger partial charge in [-0.25, -0.2) is 13.1 Å². The fourth-order valence-electron chi connectivity index (χ4n) is 4.55. The van der Waals surface area contributed by atoms with Crippen molar-refractivity contribution < 1.29 is 23.1 Å². The Morgan fingerprint density at radius 1 is 1.31 bits per heavy atom. The molecule has 3 rings (SSSR count). The van der Waals surface area contributed by atoms with Crippen molar-refractivity contribution in [1.29, 1.82) is 0 Å². The molecule has 1 aliphatic rings. The summed E-state index contributed by atoms with van der Waals surface area (Å²) in [5, 5.41) is 10.4. The maximum Gasteiger partial charge on any atom is 0.208 e. The topological polar surface area (TPSA) is 92.7 Å². The molecule has 0 radical (unpaired) electrons. The molecule has 6 nitrogen and oxygen atoms in total. The Balaban J connectivity index is 1.64. The number of aliphatic hydroxyl groups excluding tert-OH is 1. The zero-order valence-electron chi connectivity index (χ0n) is 21.2. The lowest BCUT2D eigenvalue weighted by molar-refractivity contribution is 0.0985. The Morgan fingerprint density at radius 3 is 2.66 bits per heavy atom. The van der Waals surface area contributed by atoms with Crippen LogP contribution >= 0.6 is 22.9 Å². The maximum absolute atomic E-state index is 13.2. The van der Waals surface area contributed by atoms with Gasteiger partial charge in [0.15, 0.2) is 5.78 Å². The normalized spacial score (nSPS) is 16.1. The van der Waals surface area contributed by atoms with Gasteiger partial charge < -0.3 is 9.84 Å². The number of nitrogens with one attached hydrogen (secondary N) is 1. The third kappa shape index (κ3) is 7.52. The van der Waals surface area contributed by atoms with Gasteiger partial charge in [-0.15, -0.1) is 11.3 Å². The summed E-state index contributed by atoms with van der Waals surface area (Å²) in [6.07, 6.45) is 5.12. The first-order valence-corrected chi connectivity index (χ1v) is 15.1. The van der Waals surface area contributed by atoms with Crippen LogP contribution in [0, 0.1) is 12.3 Å². The van der Waals surface area contributed by atoms with E-state index in [1.54, 1.807) is 17.4 Å². The smallest absolute Gasteiger partial charge is 0.208 e. The Bertz CT molecular complexity index is 1160. The average Bonchev–Trinajstić information content (AvgIpc) is 3.11. The molecule has 0 aliphatic heterocycles. The summed E-state index contributed by atoms with van der Waals surface area (Å²) < 4.78 is 30.2. The molecule has 0 amide bonds. The number of aliphatic hydroxyl groups is 1. The van der Waals surface area contributed by atoms with Crippen molar-refractivity contribution in [2.45, 2.75) is 72.3 Å². The number of carbonyl (C=O) groups is 1. The summed E-state index contributed by atoms with van der Waals surface area (Å²) in [6.45, 7) is 8.40. The number of benzene rings is 1. The lowest BCUT2D eigenvalue weighted by atomic mass is 9.74. The molecule has 2 N–H and O–H groups in total. The molecule has 35 heavy (non-hydrogen) atoms. The standard InChI is InChI=1S/C26H36ClNO5S2/c1-6-23-20-13-26(3,4)10-9-19(20)25(34-23)22(30)8-7-17-11-16(2)24(21(27)12-17)33-15-18(29)14-28-35(5,31)32/h11-12,18,28-29H,6-10,13-15H2,1-5H3. The summed E-state index contributed by atoms with van der Waals surface area (Å²) in [7, 11) is -3.39. The van der Waals surface area contributed by atoms with Gasteiger partial charge >= 0.3 is 0 Å². The number of carbonyl (C=O) groups excluding carboxylic acids is 1. The predicted octanol–water partition coefficient (Wildman–Crippen LogP) is 4.89. The lowest BCUT2D eigenvalue weighted by Gasteiger charge is -2.30. The molecule has 1 aliphatic carbocycles. The highest BCUT2D eigenvalue weighted by atomic mass is 35.5. The summed E-state index contributed by atoms with van der Waals surface area (Å²) in [6, 6.07) is 3.74. The third-order valence-corrected chi connectivity index (χ3v) is 8.84. The fraction of sp³-hybridized carbons (Fsp3) is 0.577. The number of ether oxygens (including phenoxy) is 1. The van der Waals surface area contributed by atoms with E-state index in [2.05, 4.69) is 25.5 Å². The van der Waals surface area contributed by atoms with Gasteiger partial charge in [0.2, 0.25) is 10.0 Å². The Labute approximate surface area is 218 Å². The number of hydrogen-bond acceptors (Lipinski definition) is 6. The molecule has 0 fully saturated rings. The van der Waals surface area contributed by atoms with Crippen molar-refractivity contribution in [3.8, 4) is 5.75 Å². The third-order valence-electron chi connectivity index (χ3n) is 6.41. The van der Waals surface area contributed by atoms with Gasteiger partial charge in [0.05, 0.1) is 16.2 Å². The summed E-state index contributed by atoms with van der Waals surface area (Å²) in [5.74, 6) is 0.643. The molecule has 1 heterocycles. The quantitative estimate of drug-likeness (QED) is 0.395.